The zero-order valence-electron chi connectivity index (χ0n) is 13.6. The van der Waals surface area contributed by atoms with E-state index in [1.807, 2.05) is 39.0 Å². The lowest BCUT2D eigenvalue weighted by Crippen LogP contribution is -2.32. The summed E-state index contributed by atoms with van der Waals surface area (Å²) in [5, 5.41) is 2.61. The molecule has 0 saturated carbocycles. The highest BCUT2D eigenvalue weighted by atomic mass is 16.6. The number of carbonyl (C=O) groups excluding carboxylic acids is 2. The van der Waals surface area contributed by atoms with E-state index in [0.717, 1.165) is 18.4 Å². The summed E-state index contributed by atoms with van der Waals surface area (Å²) in [5.74, 6) is 6.24. The van der Waals surface area contributed by atoms with Crippen LogP contribution >= 0.6 is 0 Å². The molecule has 5 heteroatoms. The molecule has 0 spiro atoms. The molecule has 0 aromatic heterocycles. The van der Waals surface area contributed by atoms with E-state index in [0.29, 0.717) is 5.69 Å². The van der Waals surface area contributed by atoms with Gasteiger partial charge >= 0.3 is 6.09 Å². The van der Waals surface area contributed by atoms with Crippen molar-refractivity contribution in [2.75, 3.05) is 6.54 Å². The van der Waals surface area contributed by atoms with Gasteiger partial charge in [0.2, 0.25) is 6.08 Å². The number of nitrogens with zero attached hydrogens (tertiary/aromatic N) is 1. The smallest absolute Gasteiger partial charge is 0.408 e. The summed E-state index contributed by atoms with van der Waals surface area (Å²) in [6.45, 7) is 5.68. The van der Waals surface area contributed by atoms with Gasteiger partial charge in [0.05, 0.1) is 12.2 Å². The summed E-state index contributed by atoms with van der Waals surface area (Å²) in [7, 11) is 0. The molecule has 1 N–H and O–H groups in total. The first-order chi connectivity index (χ1) is 10.9. The van der Waals surface area contributed by atoms with Crippen molar-refractivity contribution in [1.82, 2.24) is 5.32 Å². The van der Waals surface area contributed by atoms with Gasteiger partial charge in [0.1, 0.15) is 5.60 Å². The van der Waals surface area contributed by atoms with E-state index in [4.69, 9.17) is 4.74 Å². The summed E-state index contributed by atoms with van der Waals surface area (Å²) in [6, 6.07) is 5.67. The van der Waals surface area contributed by atoms with Gasteiger partial charge in [-0.1, -0.05) is 17.9 Å². The van der Waals surface area contributed by atoms with E-state index in [2.05, 4.69) is 22.2 Å². The summed E-state index contributed by atoms with van der Waals surface area (Å²) in [5.41, 5.74) is 2.41. The van der Waals surface area contributed by atoms with E-state index in [-0.39, 0.29) is 12.5 Å². The minimum atomic E-state index is -0.516. The maximum atomic E-state index is 11.5. The Balaban J connectivity index is 1.95. The lowest BCUT2D eigenvalue weighted by atomic mass is 10.0. The molecule has 1 atom stereocenters. The Morgan fingerprint density at radius 3 is 2.91 bits per heavy atom. The van der Waals surface area contributed by atoms with Crippen molar-refractivity contribution in [3.05, 3.63) is 29.3 Å². The van der Waals surface area contributed by atoms with Crippen LogP contribution in [0.25, 0.3) is 0 Å². The Labute approximate surface area is 136 Å². The van der Waals surface area contributed by atoms with Crippen molar-refractivity contribution in [1.29, 1.82) is 0 Å². The van der Waals surface area contributed by atoms with Crippen molar-refractivity contribution in [2.45, 2.75) is 45.1 Å². The van der Waals surface area contributed by atoms with E-state index >= 15 is 0 Å². The Kier molecular flexibility index (Phi) is 5.20. The second kappa shape index (κ2) is 7.13. The molecular formula is C18H20N2O3. The molecule has 0 radical (unpaired) electrons. The normalized spacial score (nSPS) is 15.7. The number of rotatable bonds is 2. The summed E-state index contributed by atoms with van der Waals surface area (Å²) >= 11 is 0. The lowest BCUT2D eigenvalue weighted by Gasteiger charge is -2.19. The number of carbonyl (C=O) groups is 1. The Bertz CT molecular complexity index is 701. The number of fused-ring (bicyclic) bond motifs is 1. The number of aryl methyl sites for hydroxylation is 1. The van der Waals surface area contributed by atoms with Crippen LogP contribution in [0.1, 0.15) is 44.2 Å². The van der Waals surface area contributed by atoms with Crippen molar-refractivity contribution in [2.24, 2.45) is 4.99 Å². The average Bonchev–Trinajstić information content (AvgIpc) is 2.85. The minimum Gasteiger partial charge on any atom is -0.444 e. The monoisotopic (exact) mass is 312 g/mol. The van der Waals surface area contributed by atoms with Crippen LogP contribution in [-0.2, 0) is 16.0 Å². The number of isocyanates is 1. The van der Waals surface area contributed by atoms with Crippen LogP contribution in [0.3, 0.4) is 0 Å². The quantitative estimate of drug-likeness (QED) is 0.518. The minimum absolute atomic E-state index is 0.104. The molecule has 5 nitrogen and oxygen atoms in total. The van der Waals surface area contributed by atoms with Crippen LogP contribution in [0.5, 0.6) is 0 Å². The van der Waals surface area contributed by atoms with Gasteiger partial charge in [0, 0.05) is 5.92 Å². The molecule has 0 unspecified atom stereocenters. The first-order valence-corrected chi connectivity index (χ1v) is 7.55. The fourth-order valence-electron chi connectivity index (χ4n) is 2.47. The number of alkyl carbamates (subject to hydrolysis) is 1. The molecule has 1 aliphatic carbocycles. The van der Waals surface area contributed by atoms with Gasteiger partial charge in [0.15, 0.2) is 0 Å². The van der Waals surface area contributed by atoms with Crippen LogP contribution in [0.2, 0.25) is 0 Å². The van der Waals surface area contributed by atoms with Gasteiger partial charge in [-0.15, -0.1) is 0 Å². The van der Waals surface area contributed by atoms with Gasteiger partial charge in [-0.2, -0.15) is 4.99 Å². The summed E-state index contributed by atoms with van der Waals surface area (Å²) in [4.78, 5) is 25.5. The van der Waals surface area contributed by atoms with Crippen molar-refractivity contribution >= 4 is 17.9 Å². The topological polar surface area (TPSA) is 67.8 Å². The molecule has 0 fully saturated rings. The zero-order chi connectivity index (χ0) is 16.9. The highest BCUT2D eigenvalue weighted by Crippen LogP contribution is 2.34. The number of benzene rings is 1. The predicted molar refractivity (Wildman–Crippen MR) is 87.3 cm³/mol. The van der Waals surface area contributed by atoms with Crippen molar-refractivity contribution < 1.29 is 14.3 Å². The molecule has 1 aromatic carbocycles. The van der Waals surface area contributed by atoms with Crippen LogP contribution in [0.4, 0.5) is 10.5 Å². The largest absolute Gasteiger partial charge is 0.444 e. The number of amides is 1. The lowest BCUT2D eigenvalue weighted by molar-refractivity contribution is 0.0535. The highest BCUT2D eigenvalue weighted by Gasteiger charge is 2.21. The molecule has 23 heavy (non-hydrogen) atoms. The van der Waals surface area contributed by atoms with Gasteiger partial charge in [0.25, 0.3) is 0 Å². The van der Waals surface area contributed by atoms with Crippen LogP contribution < -0.4 is 5.32 Å². The average molecular weight is 312 g/mol. The Hall–Kier alpha value is -2.57. The van der Waals surface area contributed by atoms with Gasteiger partial charge < -0.3 is 10.1 Å². The van der Waals surface area contributed by atoms with Crippen molar-refractivity contribution in [3.8, 4) is 11.8 Å². The third kappa shape index (κ3) is 4.98. The van der Waals surface area contributed by atoms with Gasteiger partial charge in [-0.3, -0.25) is 0 Å². The van der Waals surface area contributed by atoms with Crippen LogP contribution in [-0.4, -0.2) is 24.3 Å². The van der Waals surface area contributed by atoms with E-state index in [1.54, 1.807) is 6.08 Å². The summed E-state index contributed by atoms with van der Waals surface area (Å²) in [6.07, 6.45) is 2.97. The van der Waals surface area contributed by atoms with E-state index in [1.165, 1.54) is 5.56 Å². The first kappa shape index (κ1) is 16.8. The Morgan fingerprint density at radius 2 is 2.22 bits per heavy atom. The molecule has 120 valence electrons. The standard InChI is InChI=1S/C18H20N2O3/c1-18(2,3)23-17(22)19-10-4-5-13-6-7-14-8-9-15(20-12-21)11-16(13)14/h8-9,11,13H,6-7,10H2,1-3H3,(H,19,22)/t13-/m0/s1. The van der Waals surface area contributed by atoms with Crippen LogP contribution in [0, 0.1) is 11.8 Å². The van der Waals surface area contributed by atoms with E-state index < -0.39 is 11.7 Å². The van der Waals surface area contributed by atoms with Gasteiger partial charge in [-0.25, -0.2) is 9.59 Å². The molecule has 0 saturated heterocycles. The molecule has 0 heterocycles. The maximum Gasteiger partial charge on any atom is 0.408 e. The zero-order valence-corrected chi connectivity index (χ0v) is 13.6. The number of ether oxygens (including phenoxy) is 1. The molecule has 0 aliphatic heterocycles. The van der Waals surface area contributed by atoms with Gasteiger partial charge in [-0.05, 0) is 56.9 Å². The number of hydrogen-bond donors (Lipinski definition) is 1. The molecule has 0 bridgehead atoms. The second-order valence-corrected chi connectivity index (χ2v) is 6.35. The first-order valence-electron chi connectivity index (χ1n) is 7.55. The van der Waals surface area contributed by atoms with E-state index in [9.17, 15) is 9.59 Å². The fourth-order valence-corrected chi connectivity index (χ4v) is 2.47. The molecule has 2 rings (SSSR count). The predicted octanol–water partition coefficient (Wildman–Crippen LogP) is 3.21. The van der Waals surface area contributed by atoms with Crippen LogP contribution in [0.15, 0.2) is 23.2 Å². The highest BCUT2D eigenvalue weighted by molar-refractivity contribution is 5.68. The maximum absolute atomic E-state index is 11.5. The number of hydrogen-bond acceptors (Lipinski definition) is 4. The SMILES string of the molecule is CC(C)(C)OC(=O)NCC#C[C@H]1CCc2ccc(N=C=O)cc21. The molecule has 1 aromatic rings. The molecular weight excluding hydrogens is 292 g/mol. The number of aliphatic imine (C=N–C) groups is 1. The molecule has 1 amide bonds. The summed E-state index contributed by atoms with van der Waals surface area (Å²) < 4.78 is 5.14. The third-order valence-electron chi connectivity index (χ3n) is 3.38. The number of nitrogens with one attached hydrogen (secondary N) is 1. The molecule has 1 aliphatic rings. The Morgan fingerprint density at radius 1 is 1.43 bits per heavy atom. The third-order valence-corrected chi connectivity index (χ3v) is 3.38. The van der Waals surface area contributed by atoms with Crippen molar-refractivity contribution in [3.63, 3.8) is 0 Å². The second-order valence-electron chi connectivity index (χ2n) is 6.35. The fraction of sp³-hybridized carbons (Fsp3) is 0.444.